The maximum atomic E-state index is 13.5. The zero-order valence-corrected chi connectivity index (χ0v) is 16.5. The van der Waals surface area contributed by atoms with Gasteiger partial charge in [-0.3, -0.25) is 0 Å². The number of benzene rings is 3. The molecule has 3 aromatic carbocycles. The SMILES string of the molecule is CC(C)(C)[Si](c1ccccc1)(c1ccccc1)C(O)c1ccc(F)cc1. The normalized spacial score (nSPS) is 13.4. The molecular weight excluding hydrogens is 339 g/mol. The second kappa shape index (κ2) is 7.18. The molecule has 3 rings (SSSR count). The van der Waals surface area contributed by atoms with Gasteiger partial charge in [-0.15, -0.1) is 0 Å². The van der Waals surface area contributed by atoms with E-state index in [0.29, 0.717) is 0 Å². The van der Waals surface area contributed by atoms with E-state index in [9.17, 15) is 9.50 Å². The Morgan fingerprint density at radius 2 is 1.15 bits per heavy atom. The van der Waals surface area contributed by atoms with E-state index in [1.54, 1.807) is 12.1 Å². The molecular formula is C23H25FOSi. The van der Waals surface area contributed by atoms with Crippen molar-refractivity contribution in [1.82, 2.24) is 0 Å². The summed E-state index contributed by atoms with van der Waals surface area (Å²) in [6.45, 7) is 6.60. The van der Waals surface area contributed by atoms with Gasteiger partial charge in [0.1, 0.15) is 5.82 Å². The number of aliphatic hydroxyl groups excluding tert-OH is 1. The number of rotatable bonds is 4. The summed E-state index contributed by atoms with van der Waals surface area (Å²) in [4.78, 5) is 0. The van der Waals surface area contributed by atoms with E-state index in [2.05, 4.69) is 45.0 Å². The van der Waals surface area contributed by atoms with Crippen molar-refractivity contribution in [2.24, 2.45) is 0 Å². The van der Waals surface area contributed by atoms with Gasteiger partial charge in [-0.2, -0.15) is 0 Å². The van der Waals surface area contributed by atoms with Gasteiger partial charge in [0.05, 0.1) is 5.73 Å². The van der Waals surface area contributed by atoms with Crippen molar-refractivity contribution >= 4 is 18.4 Å². The van der Waals surface area contributed by atoms with Gasteiger partial charge in [0.2, 0.25) is 0 Å². The molecule has 0 aliphatic rings. The molecule has 1 N–H and O–H groups in total. The van der Waals surface area contributed by atoms with Crippen LogP contribution >= 0.6 is 0 Å². The van der Waals surface area contributed by atoms with Crippen LogP contribution in [0.2, 0.25) is 5.04 Å². The summed E-state index contributed by atoms with van der Waals surface area (Å²) in [5.74, 6) is -0.289. The van der Waals surface area contributed by atoms with Crippen molar-refractivity contribution < 1.29 is 9.50 Å². The number of aliphatic hydroxyl groups is 1. The zero-order valence-electron chi connectivity index (χ0n) is 15.5. The van der Waals surface area contributed by atoms with Crippen molar-refractivity contribution in [3.8, 4) is 0 Å². The molecule has 0 aromatic heterocycles. The van der Waals surface area contributed by atoms with Crippen LogP contribution in [-0.2, 0) is 0 Å². The Morgan fingerprint density at radius 1 is 0.731 bits per heavy atom. The van der Waals surface area contributed by atoms with E-state index in [-0.39, 0.29) is 10.9 Å². The van der Waals surface area contributed by atoms with Crippen molar-refractivity contribution in [2.45, 2.75) is 31.5 Å². The summed E-state index contributed by atoms with van der Waals surface area (Å²) in [5, 5.41) is 13.9. The smallest absolute Gasteiger partial charge is 0.159 e. The molecule has 0 saturated heterocycles. The molecule has 0 aliphatic heterocycles. The molecule has 134 valence electrons. The van der Waals surface area contributed by atoms with Crippen LogP contribution in [0.5, 0.6) is 0 Å². The van der Waals surface area contributed by atoms with Gasteiger partial charge in [-0.25, -0.2) is 4.39 Å². The first-order chi connectivity index (χ1) is 12.4. The summed E-state index contributed by atoms with van der Waals surface area (Å²) in [7, 11) is -2.68. The maximum absolute atomic E-state index is 13.5. The lowest BCUT2D eigenvalue weighted by Gasteiger charge is -2.47. The Labute approximate surface area is 156 Å². The minimum absolute atomic E-state index is 0.163. The Kier molecular flexibility index (Phi) is 5.12. The fourth-order valence-electron chi connectivity index (χ4n) is 4.06. The zero-order chi connectivity index (χ0) is 18.8. The Hall–Kier alpha value is -2.23. The average molecular weight is 365 g/mol. The first-order valence-electron chi connectivity index (χ1n) is 8.92. The monoisotopic (exact) mass is 364 g/mol. The molecule has 0 radical (unpaired) electrons. The molecule has 0 heterocycles. The van der Waals surface area contributed by atoms with Gasteiger partial charge in [-0.05, 0) is 22.7 Å². The van der Waals surface area contributed by atoms with Crippen LogP contribution in [0, 0.1) is 5.82 Å². The summed E-state index contributed by atoms with van der Waals surface area (Å²) < 4.78 is 13.5. The second-order valence-corrected chi connectivity index (χ2v) is 12.6. The molecule has 0 bridgehead atoms. The van der Waals surface area contributed by atoms with E-state index in [0.717, 1.165) is 5.56 Å². The fourth-order valence-corrected chi connectivity index (χ4v) is 9.70. The molecule has 0 fully saturated rings. The highest BCUT2D eigenvalue weighted by molar-refractivity contribution is 7.04. The van der Waals surface area contributed by atoms with E-state index in [4.69, 9.17) is 0 Å². The molecule has 0 aliphatic carbocycles. The van der Waals surface area contributed by atoms with Crippen molar-refractivity contribution in [1.29, 1.82) is 0 Å². The van der Waals surface area contributed by atoms with E-state index >= 15 is 0 Å². The van der Waals surface area contributed by atoms with Crippen LogP contribution in [0.1, 0.15) is 32.1 Å². The number of halogens is 1. The lowest BCUT2D eigenvalue weighted by Crippen LogP contribution is -2.68. The van der Waals surface area contributed by atoms with Gasteiger partial charge >= 0.3 is 0 Å². The van der Waals surface area contributed by atoms with Crippen LogP contribution in [0.4, 0.5) is 4.39 Å². The predicted octanol–water partition coefficient (Wildman–Crippen LogP) is 4.46. The predicted molar refractivity (Wildman–Crippen MR) is 109 cm³/mol. The summed E-state index contributed by atoms with van der Waals surface area (Å²) in [6.07, 6.45) is 0. The van der Waals surface area contributed by atoms with Gasteiger partial charge in [0, 0.05) is 0 Å². The highest BCUT2D eigenvalue weighted by Crippen LogP contribution is 2.43. The molecule has 0 spiro atoms. The van der Waals surface area contributed by atoms with Gasteiger partial charge < -0.3 is 5.11 Å². The van der Waals surface area contributed by atoms with Crippen LogP contribution < -0.4 is 10.4 Å². The Morgan fingerprint density at radius 3 is 1.54 bits per heavy atom. The lowest BCUT2D eigenvalue weighted by atomic mass is 10.2. The van der Waals surface area contributed by atoms with Crippen LogP contribution in [0.15, 0.2) is 84.9 Å². The average Bonchev–Trinajstić information content (AvgIpc) is 2.63. The van der Waals surface area contributed by atoms with Gasteiger partial charge in [-0.1, -0.05) is 104 Å². The number of hydrogen-bond acceptors (Lipinski definition) is 1. The molecule has 1 nitrogen and oxygen atoms in total. The second-order valence-electron chi connectivity index (χ2n) is 7.74. The third-order valence-electron chi connectivity index (χ3n) is 5.24. The lowest BCUT2D eigenvalue weighted by molar-refractivity contribution is 0.246. The first-order valence-corrected chi connectivity index (χ1v) is 11.0. The van der Waals surface area contributed by atoms with Crippen molar-refractivity contribution in [3.63, 3.8) is 0 Å². The molecule has 1 unspecified atom stereocenters. The van der Waals surface area contributed by atoms with Crippen LogP contribution in [0.25, 0.3) is 0 Å². The van der Waals surface area contributed by atoms with E-state index in [1.165, 1.54) is 22.5 Å². The minimum atomic E-state index is -2.68. The molecule has 3 aromatic rings. The Balaban J connectivity index is 2.32. The van der Waals surface area contributed by atoms with Crippen LogP contribution in [-0.4, -0.2) is 13.2 Å². The van der Waals surface area contributed by atoms with Crippen molar-refractivity contribution in [3.05, 3.63) is 96.3 Å². The fraction of sp³-hybridized carbons (Fsp3) is 0.217. The molecule has 0 saturated carbocycles. The third kappa shape index (κ3) is 3.13. The summed E-state index contributed by atoms with van der Waals surface area (Å²) in [6, 6.07) is 26.9. The highest BCUT2D eigenvalue weighted by Gasteiger charge is 2.53. The summed E-state index contributed by atoms with van der Waals surface area (Å²) >= 11 is 0. The highest BCUT2D eigenvalue weighted by atomic mass is 28.3. The largest absolute Gasteiger partial charge is 0.391 e. The first kappa shape index (κ1) is 18.6. The standard InChI is InChI=1S/C23H25FOSi/c1-23(2,3)26(20-10-6-4-7-11-20,21-12-8-5-9-13-21)22(25)18-14-16-19(24)17-15-18/h4-17,22,25H,1-3H3. The quantitative estimate of drug-likeness (QED) is 0.678. The molecule has 26 heavy (non-hydrogen) atoms. The topological polar surface area (TPSA) is 20.2 Å². The molecule has 0 amide bonds. The molecule has 1 atom stereocenters. The molecule has 3 heteroatoms. The van der Waals surface area contributed by atoms with Gasteiger partial charge in [0.25, 0.3) is 0 Å². The third-order valence-corrected chi connectivity index (χ3v) is 11.2. The number of hydrogen-bond donors (Lipinski definition) is 1. The summed E-state index contributed by atoms with van der Waals surface area (Å²) in [5.41, 5.74) is 0.0774. The minimum Gasteiger partial charge on any atom is -0.391 e. The Bertz CT molecular complexity index is 799. The maximum Gasteiger partial charge on any atom is 0.159 e. The van der Waals surface area contributed by atoms with Crippen LogP contribution in [0.3, 0.4) is 0 Å². The van der Waals surface area contributed by atoms with E-state index in [1.807, 2.05) is 36.4 Å². The van der Waals surface area contributed by atoms with Gasteiger partial charge in [0.15, 0.2) is 8.07 Å². The van der Waals surface area contributed by atoms with Crippen molar-refractivity contribution in [2.75, 3.05) is 0 Å². The van der Waals surface area contributed by atoms with E-state index < -0.39 is 13.8 Å².